The molecule has 0 bridgehead atoms. The third-order valence-corrected chi connectivity index (χ3v) is 4.23. The third-order valence-electron chi connectivity index (χ3n) is 2.75. The van der Waals surface area contributed by atoms with Crippen LogP contribution in [0.1, 0.15) is 20.3 Å². The predicted octanol–water partition coefficient (Wildman–Crippen LogP) is 4.02. The van der Waals surface area contributed by atoms with Crippen LogP contribution in [0.3, 0.4) is 0 Å². The number of thioether (sulfide) groups is 1. The minimum atomic E-state index is 0.0967. The molecule has 0 aliphatic carbocycles. The molecule has 0 saturated carbocycles. The normalized spacial score (nSPS) is 24.3. The minimum absolute atomic E-state index is 0.0967. The highest BCUT2D eigenvalue weighted by Gasteiger charge is 2.28. The molecule has 1 aromatic carbocycles. The summed E-state index contributed by atoms with van der Waals surface area (Å²) >= 11 is 7.61. The van der Waals surface area contributed by atoms with E-state index >= 15 is 0 Å². The Morgan fingerprint density at radius 1 is 1.44 bits per heavy atom. The molecule has 0 spiro atoms. The first-order chi connectivity index (χ1) is 7.61. The number of aliphatic imine (C=N–C) groups is 1. The van der Waals surface area contributed by atoms with Crippen molar-refractivity contribution in [2.24, 2.45) is 4.99 Å². The Hall–Kier alpha value is -0.670. The Morgan fingerprint density at radius 2 is 2.12 bits per heavy atom. The molecular formula is C12H15ClN2S. The lowest BCUT2D eigenvalue weighted by atomic mass is 10.0. The van der Waals surface area contributed by atoms with Gasteiger partial charge in [-0.05, 0) is 37.6 Å². The molecule has 86 valence electrons. The Morgan fingerprint density at radius 3 is 2.69 bits per heavy atom. The molecule has 1 aromatic rings. The zero-order valence-corrected chi connectivity index (χ0v) is 11.0. The average molecular weight is 255 g/mol. The van der Waals surface area contributed by atoms with Crippen molar-refractivity contribution < 1.29 is 0 Å². The average Bonchev–Trinajstić information content (AvgIpc) is 2.65. The molecule has 1 heterocycles. The van der Waals surface area contributed by atoms with Crippen molar-refractivity contribution in [2.45, 2.75) is 25.8 Å². The Bertz CT molecular complexity index is 402. The highest BCUT2D eigenvalue weighted by atomic mass is 35.5. The number of anilines is 1. The summed E-state index contributed by atoms with van der Waals surface area (Å²) in [6.45, 7) is 4.37. The van der Waals surface area contributed by atoms with Crippen LogP contribution in [0.25, 0.3) is 0 Å². The summed E-state index contributed by atoms with van der Waals surface area (Å²) in [6.07, 6.45) is 1.08. The van der Waals surface area contributed by atoms with E-state index in [0.717, 1.165) is 28.1 Å². The largest absolute Gasteiger partial charge is 0.335 e. The van der Waals surface area contributed by atoms with Crippen LogP contribution in [0.2, 0.25) is 5.02 Å². The summed E-state index contributed by atoms with van der Waals surface area (Å²) < 4.78 is 0. The number of hydrogen-bond acceptors (Lipinski definition) is 3. The first kappa shape index (κ1) is 11.8. The van der Waals surface area contributed by atoms with Crippen LogP contribution in [-0.4, -0.2) is 16.5 Å². The van der Waals surface area contributed by atoms with E-state index in [4.69, 9.17) is 16.6 Å². The van der Waals surface area contributed by atoms with E-state index in [9.17, 15) is 0 Å². The van der Waals surface area contributed by atoms with Crippen molar-refractivity contribution in [3.63, 3.8) is 0 Å². The molecule has 2 nitrogen and oxygen atoms in total. The van der Waals surface area contributed by atoms with Gasteiger partial charge >= 0.3 is 0 Å². The molecule has 0 aromatic heterocycles. The van der Waals surface area contributed by atoms with E-state index in [2.05, 4.69) is 19.2 Å². The first-order valence-electron chi connectivity index (χ1n) is 5.36. The monoisotopic (exact) mass is 254 g/mol. The molecule has 1 N–H and O–H groups in total. The molecule has 1 unspecified atom stereocenters. The lowest BCUT2D eigenvalue weighted by Gasteiger charge is -2.15. The smallest absolute Gasteiger partial charge is 0.161 e. The summed E-state index contributed by atoms with van der Waals surface area (Å²) in [5.41, 5.74) is 1.13. The van der Waals surface area contributed by atoms with Crippen molar-refractivity contribution >= 4 is 34.2 Å². The van der Waals surface area contributed by atoms with E-state index in [1.807, 2.05) is 24.3 Å². The fourth-order valence-corrected chi connectivity index (χ4v) is 2.75. The number of rotatable bonds is 2. The molecule has 2 rings (SSSR count). The quantitative estimate of drug-likeness (QED) is 0.862. The highest BCUT2D eigenvalue weighted by Crippen LogP contribution is 2.30. The molecule has 0 amide bonds. The van der Waals surface area contributed by atoms with Crippen LogP contribution in [0.5, 0.6) is 0 Å². The van der Waals surface area contributed by atoms with E-state index in [1.54, 1.807) is 11.8 Å². The molecule has 0 fully saturated rings. The third kappa shape index (κ3) is 2.71. The van der Waals surface area contributed by atoms with E-state index in [1.165, 1.54) is 0 Å². The van der Waals surface area contributed by atoms with Gasteiger partial charge in [0.2, 0.25) is 0 Å². The zero-order chi connectivity index (χ0) is 11.6. The van der Waals surface area contributed by atoms with Gasteiger partial charge in [-0.1, -0.05) is 30.3 Å². The first-order valence-corrected chi connectivity index (χ1v) is 6.73. The molecule has 4 heteroatoms. The van der Waals surface area contributed by atoms with E-state index in [-0.39, 0.29) is 5.54 Å². The fourth-order valence-electron chi connectivity index (χ4n) is 1.44. The van der Waals surface area contributed by atoms with Crippen LogP contribution in [0, 0.1) is 0 Å². The van der Waals surface area contributed by atoms with Gasteiger partial charge < -0.3 is 5.32 Å². The van der Waals surface area contributed by atoms with Crippen LogP contribution in [0.4, 0.5) is 5.69 Å². The van der Waals surface area contributed by atoms with Crippen molar-refractivity contribution in [3.8, 4) is 0 Å². The molecule has 1 aliphatic rings. The zero-order valence-electron chi connectivity index (χ0n) is 9.46. The van der Waals surface area contributed by atoms with Gasteiger partial charge in [-0.2, -0.15) is 0 Å². The second-order valence-corrected chi connectivity index (χ2v) is 5.59. The van der Waals surface area contributed by atoms with Gasteiger partial charge in [0, 0.05) is 16.5 Å². The minimum Gasteiger partial charge on any atom is -0.335 e. The van der Waals surface area contributed by atoms with Crippen molar-refractivity contribution in [1.29, 1.82) is 0 Å². The summed E-state index contributed by atoms with van der Waals surface area (Å²) in [4.78, 5) is 4.69. The van der Waals surface area contributed by atoms with Crippen molar-refractivity contribution in [1.82, 2.24) is 0 Å². The molecule has 0 saturated heterocycles. The maximum absolute atomic E-state index is 5.83. The van der Waals surface area contributed by atoms with E-state index < -0.39 is 0 Å². The molecule has 1 atom stereocenters. The molecule has 16 heavy (non-hydrogen) atoms. The van der Waals surface area contributed by atoms with Gasteiger partial charge in [0.05, 0.1) is 5.54 Å². The summed E-state index contributed by atoms with van der Waals surface area (Å²) in [6, 6.07) is 7.69. The number of amidine groups is 1. The van der Waals surface area contributed by atoms with Crippen molar-refractivity contribution in [3.05, 3.63) is 29.3 Å². The lowest BCUT2D eigenvalue weighted by Crippen LogP contribution is -2.20. The maximum Gasteiger partial charge on any atom is 0.161 e. The molecule has 1 aliphatic heterocycles. The summed E-state index contributed by atoms with van der Waals surface area (Å²) in [5, 5.41) is 5.07. The summed E-state index contributed by atoms with van der Waals surface area (Å²) in [7, 11) is 0. The van der Waals surface area contributed by atoms with Gasteiger partial charge in [0.25, 0.3) is 0 Å². The van der Waals surface area contributed by atoms with Crippen LogP contribution in [-0.2, 0) is 0 Å². The second-order valence-electron chi connectivity index (χ2n) is 4.19. The fraction of sp³-hybridized carbons (Fsp3) is 0.417. The van der Waals surface area contributed by atoms with Crippen LogP contribution < -0.4 is 5.32 Å². The number of hydrogen-bond donors (Lipinski definition) is 1. The number of halogens is 1. The highest BCUT2D eigenvalue weighted by molar-refractivity contribution is 8.14. The molecular weight excluding hydrogens is 240 g/mol. The van der Waals surface area contributed by atoms with Gasteiger partial charge in [-0.15, -0.1) is 0 Å². The van der Waals surface area contributed by atoms with Gasteiger partial charge in [0.1, 0.15) is 0 Å². The van der Waals surface area contributed by atoms with Crippen molar-refractivity contribution in [2.75, 3.05) is 11.1 Å². The second kappa shape index (κ2) is 4.68. The van der Waals surface area contributed by atoms with Gasteiger partial charge in [0.15, 0.2) is 5.17 Å². The van der Waals surface area contributed by atoms with Gasteiger partial charge in [-0.3, -0.25) is 4.99 Å². The molecule has 0 radical (unpaired) electrons. The predicted molar refractivity (Wildman–Crippen MR) is 73.7 cm³/mol. The Labute approximate surface area is 105 Å². The topological polar surface area (TPSA) is 24.4 Å². The Balaban J connectivity index is 2.06. The number of benzene rings is 1. The SMILES string of the molecule is CCC1(C)CSC(Nc2ccc(Cl)cc2)=N1. The van der Waals surface area contributed by atoms with E-state index in [0.29, 0.717) is 0 Å². The van der Waals surface area contributed by atoms with Crippen LogP contribution in [0.15, 0.2) is 29.3 Å². The lowest BCUT2D eigenvalue weighted by molar-refractivity contribution is 0.523. The number of nitrogens with one attached hydrogen (secondary N) is 1. The maximum atomic E-state index is 5.83. The van der Waals surface area contributed by atoms with Gasteiger partial charge in [-0.25, -0.2) is 0 Å². The Kier molecular flexibility index (Phi) is 3.45. The summed E-state index contributed by atoms with van der Waals surface area (Å²) in [5.74, 6) is 1.05. The number of nitrogens with zero attached hydrogens (tertiary/aromatic N) is 1. The van der Waals surface area contributed by atoms with Crippen LogP contribution >= 0.6 is 23.4 Å². The standard InChI is InChI=1S/C12H15ClN2S/c1-3-12(2)8-16-11(15-12)14-10-6-4-9(13)5-7-10/h4-7H,3,8H2,1-2H3,(H,14,15).